The van der Waals surface area contributed by atoms with Gasteiger partial charge in [0.2, 0.25) is 0 Å². The SMILES string of the molecule is NCC(CCc1cccs1)c1cccc(Cl)c1. The third-order valence-electron chi connectivity index (χ3n) is 2.92. The van der Waals surface area contributed by atoms with Gasteiger partial charge in [0.1, 0.15) is 0 Å². The summed E-state index contributed by atoms with van der Waals surface area (Å²) in [4.78, 5) is 1.42. The van der Waals surface area contributed by atoms with Crippen molar-refractivity contribution in [1.82, 2.24) is 0 Å². The summed E-state index contributed by atoms with van der Waals surface area (Å²) in [6.07, 6.45) is 2.17. The Morgan fingerprint density at radius 3 is 2.76 bits per heavy atom. The maximum atomic E-state index is 6.01. The highest BCUT2D eigenvalue weighted by molar-refractivity contribution is 7.09. The summed E-state index contributed by atoms with van der Waals surface area (Å²) in [7, 11) is 0. The molecule has 0 aliphatic rings. The third kappa shape index (κ3) is 3.56. The number of rotatable bonds is 5. The van der Waals surface area contributed by atoms with E-state index < -0.39 is 0 Å². The largest absolute Gasteiger partial charge is 0.330 e. The molecule has 0 saturated carbocycles. The van der Waals surface area contributed by atoms with Crippen molar-refractivity contribution in [3.8, 4) is 0 Å². The van der Waals surface area contributed by atoms with E-state index in [1.807, 2.05) is 18.2 Å². The molecule has 1 unspecified atom stereocenters. The Kier molecular flexibility index (Phi) is 4.60. The van der Waals surface area contributed by atoms with Gasteiger partial charge in [-0.2, -0.15) is 0 Å². The molecule has 1 aromatic heterocycles. The van der Waals surface area contributed by atoms with Gasteiger partial charge in [-0.25, -0.2) is 0 Å². The van der Waals surface area contributed by atoms with E-state index in [9.17, 15) is 0 Å². The minimum Gasteiger partial charge on any atom is -0.330 e. The summed E-state index contributed by atoms with van der Waals surface area (Å²) < 4.78 is 0. The first-order chi connectivity index (χ1) is 8.29. The van der Waals surface area contributed by atoms with Gasteiger partial charge in [-0.3, -0.25) is 0 Å². The van der Waals surface area contributed by atoms with Crippen molar-refractivity contribution in [2.45, 2.75) is 18.8 Å². The average Bonchev–Trinajstić information content (AvgIpc) is 2.83. The Morgan fingerprint density at radius 1 is 1.24 bits per heavy atom. The predicted molar refractivity (Wildman–Crippen MR) is 75.9 cm³/mol. The van der Waals surface area contributed by atoms with Crippen LogP contribution in [0.1, 0.15) is 22.8 Å². The second-order valence-corrected chi connectivity index (χ2v) is 5.57. The molecule has 0 spiro atoms. The molecule has 0 saturated heterocycles. The highest BCUT2D eigenvalue weighted by Gasteiger charge is 2.10. The first-order valence-electron chi connectivity index (χ1n) is 5.77. The molecule has 0 bridgehead atoms. The van der Waals surface area contributed by atoms with Gasteiger partial charge < -0.3 is 5.73 Å². The van der Waals surface area contributed by atoms with E-state index in [1.54, 1.807) is 11.3 Å². The molecule has 2 N–H and O–H groups in total. The second-order valence-electron chi connectivity index (χ2n) is 4.11. The van der Waals surface area contributed by atoms with Crippen LogP contribution in [0.4, 0.5) is 0 Å². The molecule has 0 amide bonds. The van der Waals surface area contributed by atoms with Crippen molar-refractivity contribution < 1.29 is 0 Å². The standard InChI is InChI=1S/C14H16ClNS/c15-13-4-1-3-11(9-13)12(10-16)6-7-14-5-2-8-17-14/h1-5,8-9,12H,6-7,10,16H2. The van der Waals surface area contributed by atoms with Crippen LogP contribution in [-0.2, 0) is 6.42 Å². The van der Waals surface area contributed by atoms with Gasteiger partial charge in [0.15, 0.2) is 0 Å². The van der Waals surface area contributed by atoms with Crippen LogP contribution in [0, 0.1) is 0 Å². The van der Waals surface area contributed by atoms with Crippen LogP contribution < -0.4 is 5.73 Å². The molecule has 1 heterocycles. The lowest BCUT2D eigenvalue weighted by molar-refractivity contribution is 0.637. The average molecular weight is 266 g/mol. The van der Waals surface area contributed by atoms with E-state index in [1.165, 1.54) is 10.4 Å². The predicted octanol–water partition coefficient (Wildman–Crippen LogP) is 4.08. The Balaban J connectivity index is 2.01. The summed E-state index contributed by atoms with van der Waals surface area (Å²) in [5.41, 5.74) is 7.10. The lowest BCUT2D eigenvalue weighted by Gasteiger charge is -2.14. The van der Waals surface area contributed by atoms with Crippen LogP contribution in [0.15, 0.2) is 41.8 Å². The zero-order chi connectivity index (χ0) is 12.1. The van der Waals surface area contributed by atoms with Crippen LogP contribution in [0.3, 0.4) is 0 Å². The number of nitrogens with two attached hydrogens (primary N) is 1. The number of thiophene rings is 1. The lowest BCUT2D eigenvalue weighted by atomic mass is 9.94. The molecule has 17 heavy (non-hydrogen) atoms. The maximum absolute atomic E-state index is 6.01. The van der Waals surface area contributed by atoms with E-state index in [4.69, 9.17) is 17.3 Å². The fourth-order valence-electron chi connectivity index (χ4n) is 1.95. The van der Waals surface area contributed by atoms with Gasteiger partial charge in [0.25, 0.3) is 0 Å². The van der Waals surface area contributed by atoms with Gasteiger partial charge in [-0.15, -0.1) is 11.3 Å². The third-order valence-corrected chi connectivity index (χ3v) is 4.10. The van der Waals surface area contributed by atoms with E-state index >= 15 is 0 Å². The summed E-state index contributed by atoms with van der Waals surface area (Å²) in [6.45, 7) is 0.672. The zero-order valence-corrected chi connectivity index (χ0v) is 11.2. The quantitative estimate of drug-likeness (QED) is 0.866. The Bertz CT molecular complexity index is 453. The molecule has 2 rings (SSSR count). The van der Waals surface area contributed by atoms with Crippen molar-refractivity contribution in [3.63, 3.8) is 0 Å². The second kappa shape index (κ2) is 6.20. The molecule has 3 heteroatoms. The van der Waals surface area contributed by atoms with Gasteiger partial charge in [0, 0.05) is 9.90 Å². The van der Waals surface area contributed by atoms with Crippen LogP contribution >= 0.6 is 22.9 Å². The fraction of sp³-hybridized carbons (Fsp3) is 0.286. The molecule has 0 aliphatic heterocycles. The smallest absolute Gasteiger partial charge is 0.0408 e. The van der Waals surface area contributed by atoms with Crippen LogP contribution in [0.5, 0.6) is 0 Å². The van der Waals surface area contributed by atoms with Crippen LogP contribution in [0.2, 0.25) is 5.02 Å². The van der Waals surface area contributed by atoms with Crippen LogP contribution in [0.25, 0.3) is 0 Å². The molecular weight excluding hydrogens is 250 g/mol. The van der Waals surface area contributed by atoms with E-state index in [-0.39, 0.29) is 0 Å². The lowest BCUT2D eigenvalue weighted by Crippen LogP contribution is -2.13. The first kappa shape index (κ1) is 12.6. The fourth-order valence-corrected chi connectivity index (χ4v) is 2.88. The topological polar surface area (TPSA) is 26.0 Å². The summed E-state index contributed by atoms with van der Waals surface area (Å²) in [6, 6.07) is 12.3. The normalized spacial score (nSPS) is 12.6. The minimum atomic E-state index is 0.399. The van der Waals surface area contributed by atoms with Gasteiger partial charge in [-0.1, -0.05) is 29.8 Å². The van der Waals surface area contributed by atoms with E-state index in [2.05, 4.69) is 23.6 Å². The zero-order valence-electron chi connectivity index (χ0n) is 9.60. The molecule has 0 fully saturated rings. The Hall–Kier alpha value is -0.830. The van der Waals surface area contributed by atoms with Crippen LogP contribution in [-0.4, -0.2) is 6.54 Å². The number of hydrogen-bond acceptors (Lipinski definition) is 2. The molecule has 2 aromatic rings. The van der Waals surface area contributed by atoms with Crippen molar-refractivity contribution in [2.75, 3.05) is 6.54 Å². The van der Waals surface area contributed by atoms with Crippen molar-refractivity contribution in [3.05, 3.63) is 57.2 Å². The Labute approximate surface area is 111 Å². The maximum Gasteiger partial charge on any atom is 0.0408 e. The van der Waals surface area contributed by atoms with Gasteiger partial charge in [-0.05, 0) is 54.4 Å². The first-order valence-corrected chi connectivity index (χ1v) is 7.03. The summed E-state index contributed by atoms with van der Waals surface area (Å²) in [5, 5.41) is 2.91. The molecule has 1 aromatic carbocycles. The van der Waals surface area contributed by atoms with E-state index in [0.29, 0.717) is 12.5 Å². The van der Waals surface area contributed by atoms with Crippen molar-refractivity contribution >= 4 is 22.9 Å². The van der Waals surface area contributed by atoms with E-state index in [0.717, 1.165) is 17.9 Å². The highest BCUT2D eigenvalue weighted by atomic mass is 35.5. The number of benzene rings is 1. The number of aryl methyl sites for hydroxylation is 1. The van der Waals surface area contributed by atoms with Gasteiger partial charge in [0.05, 0.1) is 0 Å². The number of halogens is 1. The highest BCUT2D eigenvalue weighted by Crippen LogP contribution is 2.24. The summed E-state index contributed by atoms with van der Waals surface area (Å²) in [5.74, 6) is 0.399. The molecular formula is C14H16ClNS. The Morgan fingerprint density at radius 2 is 2.12 bits per heavy atom. The van der Waals surface area contributed by atoms with Crippen molar-refractivity contribution in [2.24, 2.45) is 5.73 Å². The molecule has 1 atom stereocenters. The van der Waals surface area contributed by atoms with Crippen molar-refractivity contribution in [1.29, 1.82) is 0 Å². The molecule has 0 aliphatic carbocycles. The molecule has 0 radical (unpaired) electrons. The minimum absolute atomic E-state index is 0.399. The molecule has 1 nitrogen and oxygen atoms in total. The molecule has 90 valence electrons. The monoisotopic (exact) mass is 265 g/mol. The summed E-state index contributed by atoms with van der Waals surface area (Å²) >= 11 is 7.81. The van der Waals surface area contributed by atoms with Gasteiger partial charge >= 0.3 is 0 Å². The number of hydrogen-bond donors (Lipinski definition) is 1.